The Labute approximate surface area is 214 Å². The van der Waals surface area contributed by atoms with Crippen LogP contribution in [0.2, 0.25) is 0 Å². The van der Waals surface area contributed by atoms with Gasteiger partial charge >= 0.3 is 5.97 Å². The molecule has 0 unspecified atom stereocenters. The van der Waals surface area contributed by atoms with Gasteiger partial charge in [-0.1, -0.05) is 36.3 Å². The van der Waals surface area contributed by atoms with Crippen LogP contribution < -0.4 is 9.47 Å². The molecule has 0 bridgehead atoms. The fourth-order valence-corrected chi connectivity index (χ4v) is 3.73. The molecule has 0 saturated carbocycles. The monoisotopic (exact) mass is 497 g/mol. The van der Waals surface area contributed by atoms with E-state index in [1.165, 1.54) is 25.3 Å². The fourth-order valence-electron chi connectivity index (χ4n) is 3.73. The second-order valence-corrected chi connectivity index (χ2v) is 8.06. The molecule has 1 N–H and O–H groups in total. The molecule has 0 fully saturated rings. The SMILES string of the molecule is C#CCO[C@H](COc1ccc(OC)cc1C(=O)O)c1cccc(/C=C/c2ccc3cc(F)ccc3n2)c1. The Morgan fingerprint density at radius 2 is 1.97 bits per heavy atom. The Morgan fingerprint density at radius 3 is 2.76 bits per heavy atom. The zero-order valence-corrected chi connectivity index (χ0v) is 20.1. The van der Waals surface area contributed by atoms with E-state index in [1.807, 2.05) is 48.6 Å². The molecule has 1 aromatic heterocycles. The van der Waals surface area contributed by atoms with Gasteiger partial charge in [0.2, 0.25) is 0 Å². The molecule has 0 radical (unpaired) electrons. The zero-order valence-electron chi connectivity index (χ0n) is 20.1. The van der Waals surface area contributed by atoms with Crippen molar-refractivity contribution in [3.05, 3.63) is 101 Å². The predicted molar refractivity (Wildman–Crippen MR) is 140 cm³/mol. The Hall–Kier alpha value is -4.67. The van der Waals surface area contributed by atoms with Gasteiger partial charge in [-0.2, -0.15) is 0 Å². The van der Waals surface area contributed by atoms with Crippen LogP contribution >= 0.6 is 0 Å². The summed E-state index contributed by atoms with van der Waals surface area (Å²) in [5, 5.41) is 10.3. The van der Waals surface area contributed by atoms with Crippen molar-refractivity contribution in [1.82, 2.24) is 4.98 Å². The van der Waals surface area contributed by atoms with E-state index >= 15 is 0 Å². The number of carbonyl (C=O) groups is 1. The highest BCUT2D eigenvalue weighted by Gasteiger charge is 2.17. The number of halogens is 1. The van der Waals surface area contributed by atoms with E-state index in [2.05, 4.69) is 10.9 Å². The molecule has 0 aliphatic rings. The summed E-state index contributed by atoms with van der Waals surface area (Å²) in [6.07, 6.45) is 8.64. The number of methoxy groups -OCH3 is 1. The average Bonchev–Trinajstić information content (AvgIpc) is 2.92. The number of benzene rings is 3. The van der Waals surface area contributed by atoms with Gasteiger partial charge in [0, 0.05) is 5.39 Å². The molecule has 0 spiro atoms. The van der Waals surface area contributed by atoms with Crippen molar-refractivity contribution in [2.75, 3.05) is 20.3 Å². The molecule has 37 heavy (non-hydrogen) atoms. The van der Waals surface area contributed by atoms with E-state index in [0.29, 0.717) is 11.3 Å². The molecule has 7 heteroatoms. The number of hydrogen-bond acceptors (Lipinski definition) is 5. The number of ether oxygens (including phenoxy) is 3. The summed E-state index contributed by atoms with van der Waals surface area (Å²) in [4.78, 5) is 16.2. The van der Waals surface area contributed by atoms with Crippen molar-refractivity contribution in [2.24, 2.45) is 0 Å². The van der Waals surface area contributed by atoms with Crippen molar-refractivity contribution in [3.63, 3.8) is 0 Å². The third kappa shape index (κ3) is 6.51. The first-order chi connectivity index (χ1) is 18.0. The molecule has 6 nitrogen and oxygen atoms in total. The Balaban J connectivity index is 1.53. The highest BCUT2D eigenvalue weighted by molar-refractivity contribution is 5.91. The van der Waals surface area contributed by atoms with Gasteiger partial charge in [-0.25, -0.2) is 14.2 Å². The van der Waals surface area contributed by atoms with Crippen molar-refractivity contribution in [2.45, 2.75) is 6.10 Å². The fraction of sp³-hybridized carbons (Fsp3) is 0.133. The van der Waals surface area contributed by atoms with Gasteiger partial charge < -0.3 is 19.3 Å². The van der Waals surface area contributed by atoms with E-state index in [4.69, 9.17) is 20.6 Å². The molecular weight excluding hydrogens is 473 g/mol. The number of hydrogen-bond donors (Lipinski definition) is 1. The molecule has 1 heterocycles. The van der Waals surface area contributed by atoms with Gasteiger partial charge in [0.1, 0.15) is 42.2 Å². The first kappa shape index (κ1) is 25.4. The summed E-state index contributed by atoms with van der Waals surface area (Å²) in [6.45, 7) is 0.105. The maximum absolute atomic E-state index is 13.4. The van der Waals surface area contributed by atoms with Crippen LogP contribution in [0.5, 0.6) is 11.5 Å². The van der Waals surface area contributed by atoms with Crippen molar-refractivity contribution in [1.29, 1.82) is 0 Å². The molecule has 4 aromatic rings. The standard InChI is InChI=1S/C30H24FNO5/c1-3-15-36-29(19-37-28-14-12-25(35-2)18-26(28)30(33)34)22-6-4-5-20(16-22)7-10-24-11-8-21-17-23(31)9-13-27(21)32-24/h1,4-14,16-18,29H,15,19H2,2H3,(H,33,34)/b10-7+/t29-/m1/s1. The van der Waals surface area contributed by atoms with Crippen LogP contribution in [0.15, 0.2) is 72.8 Å². The number of aromatic nitrogens is 1. The Kier molecular flexibility index (Phi) is 8.14. The number of carboxylic acid groups (broad SMARTS) is 1. The highest BCUT2D eigenvalue weighted by atomic mass is 19.1. The summed E-state index contributed by atoms with van der Waals surface area (Å²) in [7, 11) is 1.46. The van der Waals surface area contributed by atoms with E-state index in [-0.39, 0.29) is 30.3 Å². The minimum Gasteiger partial charge on any atom is -0.497 e. The second kappa shape index (κ2) is 11.8. The van der Waals surface area contributed by atoms with Crippen molar-refractivity contribution < 1.29 is 28.5 Å². The summed E-state index contributed by atoms with van der Waals surface area (Å²) >= 11 is 0. The van der Waals surface area contributed by atoms with E-state index in [0.717, 1.165) is 22.2 Å². The van der Waals surface area contributed by atoms with Crippen LogP contribution in [0.3, 0.4) is 0 Å². The minimum atomic E-state index is -1.13. The Morgan fingerprint density at radius 1 is 1.11 bits per heavy atom. The van der Waals surface area contributed by atoms with Crippen molar-refractivity contribution in [3.8, 4) is 23.8 Å². The lowest BCUT2D eigenvalue weighted by molar-refractivity contribution is 0.0375. The number of fused-ring (bicyclic) bond motifs is 1. The van der Waals surface area contributed by atoms with E-state index in [1.54, 1.807) is 18.2 Å². The normalized spacial score (nSPS) is 11.8. The lowest BCUT2D eigenvalue weighted by Crippen LogP contribution is -2.16. The summed E-state index contributed by atoms with van der Waals surface area (Å²) in [5.41, 5.74) is 3.12. The van der Waals surface area contributed by atoms with Gasteiger partial charge in [-0.3, -0.25) is 0 Å². The topological polar surface area (TPSA) is 77.9 Å². The molecule has 1 atom stereocenters. The smallest absolute Gasteiger partial charge is 0.339 e. The molecule has 0 aliphatic carbocycles. The van der Waals surface area contributed by atoms with Gasteiger partial charge in [-0.05, 0) is 65.7 Å². The number of pyridine rings is 1. The largest absolute Gasteiger partial charge is 0.497 e. The van der Waals surface area contributed by atoms with E-state index < -0.39 is 12.1 Å². The molecule has 0 saturated heterocycles. The van der Waals surface area contributed by atoms with Gasteiger partial charge in [-0.15, -0.1) is 6.42 Å². The van der Waals surface area contributed by atoms with Gasteiger partial charge in [0.15, 0.2) is 0 Å². The maximum Gasteiger partial charge on any atom is 0.339 e. The summed E-state index contributed by atoms with van der Waals surface area (Å²) < 4.78 is 30.2. The zero-order chi connectivity index (χ0) is 26.2. The second-order valence-electron chi connectivity index (χ2n) is 8.06. The lowest BCUT2D eigenvalue weighted by atomic mass is 10.1. The number of rotatable bonds is 10. The summed E-state index contributed by atoms with van der Waals surface area (Å²) in [6, 6.07) is 20.3. The van der Waals surface area contributed by atoms with Crippen LogP contribution in [0.1, 0.15) is 33.3 Å². The Bertz CT molecular complexity index is 1490. The lowest BCUT2D eigenvalue weighted by Gasteiger charge is -2.19. The van der Waals surface area contributed by atoms with Gasteiger partial charge in [0.25, 0.3) is 0 Å². The van der Waals surface area contributed by atoms with Crippen LogP contribution in [0.4, 0.5) is 4.39 Å². The molecule has 4 rings (SSSR count). The quantitative estimate of drug-likeness (QED) is 0.270. The molecule has 0 aliphatic heterocycles. The van der Waals surface area contributed by atoms with Crippen LogP contribution in [-0.2, 0) is 4.74 Å². The van der Waals surface area contributed by atoms with Crippen LogP contribution in [0, 0.1) is 18.2 Å². The number of terminal acetylenes is 1. The number of carboxylic acids is 1. The maximum atomic E-state index is 13.4. The third-order valence-electron chi connectivity index (χ3n) is 5.58. The average molecular weight is 498 g/mol. The third-order valence-corrected chi connectivity index (χ3v) is 5.58. The highest BCUT2D eigenvalue weighted by Crippen LogP contribution is 2.27. The molecule has 0 amide bonds. The van der Waals surface area contributed by atoms with E-state index in [9.17, 15) is 14.3 Å². The number of nitrogens with zero attached hydrogens (tertiary/aromatic N) is 1. The number of aromatic carboxylic acids is 1. The first-order valence-electron chi connectivity index (χ1n) is 11.4. The molecular formula is C30H24FNO5. The van der Waals surface area contributed by atoms with Gasteiger partial charge in [0.05, 0.1) is 18.3 Å². The predicted octanol–water partition coefficient (Wildman–Crippen LogP) is 6.02. The molecule has 3 aromatic carbocycles. The first-order valence-corrected chi connectivity index (χ1v) is 11.4. The van der Waals surface area contributed by atoms with Crippen LogP contribution in [-0.4, -0.2) is 36.4 Å². The molecule has 186 valence electrons. The summed E-state index contributed by atoms with van der Waals surface area (Å²) in [5.74, 6) is 1.64. The van der Waals surface area contributed by atoms with Crippen molar-refractivity contribution >= 4 is 29.0 Å². The minimum absolute atomic E-state index is 0.0163. The van der Waals surface area contributed by atoms with Crippen LogP contribution in [0.25, 0.3) is 23.1 Å².